The van der Waals surface area contributed by atoms with Gasteiger partial charge in [0.15, 0.2) is 5.78 Å². The molecule has 0 aliphatic heterocycles. The highest BCUT2D eigenvalue weighted by molar-refractivity contribution is 6.33. The lowest BCUT2D eigenvalue weighted by Gasteiger charge is -2.05. The summed E-state index contributed by atoms with van der Waals surface area (Å²) in [5, 5.41) is 5.07. The fraction of sp³-hybridized carbons (Fsp3) is 0.231. The minimum absolute atomic E-state index is 0.0541. The molecule has 0 N–H and O–H groups in total. The molecule has 0 aliphatic rings. The van der Waals surface area contributed by atoms with Crippen molar-refractivity contribution in [3.63, 3.8) is 0 Å². The Kier molecular flexibility index (Phi) is 4.04. The van der Waals surface area contributed by atoms with Gasteiger partial charge in [-0.2, -0.15) is 5.10 Å². The first-order valence-electron chi connectivity index (χ1n) is 5.60. The van der Waals surface area contributed by atoms with Crippen molar-refractivity contribution >= 4 is 29.0 Å². The summed E-state index contributed by atoms with van der Waals surface area (Å²) >= 11 is 11.9. The predicted molar refractivity (Wildman–Crippen MR) is 72.4 cm³/mol. The maximum absolute atomic E-state index is 12.2. The van der Waals surface area contributed by atoms with Gasteiger partial charge in [-0.1, -0.05) is 35.3 Å². The number of benzene rings is 1. The van der Waals surface area contributed by atoms with Crippen molar-refractivity contribution in [3.05, 3.63) is 51.8 Å². The molecule has 0 fully saturated rings. The SMILES string of the molecule is CCn1ncc(Cl)c1C(=O)Cc1cccc(Cl)c1. The van der Waals surface area contributed by atoms with E-state index >= 15 is 0 Å². The molecule has 0 bridgehead atoms. The number of aryl methyl sites for hydroxylation is 1. The molecule has 0 amide bonds. The second kappa shape index (κ2) is 5.55. The van der Waals surface area contributed by atoms with E-state index in [1.54, 1.807) is 16.8 Å². The van der Waals surface area contributed by atoms with Crippen LogP contribution in [0.2, 0.25) is 10.0 Å². The van der Waals surface area contributed by atoms with Crippen LogP contribution in [0.4, 0.5) is 0 Å². The average molecular weight is 283 g/mol. The second-order valence-corrected chi connectivity index (χ2v) is 4.73. The highest BCUT2D eigenvalue weighted by Gasteiger charge is 2.17. The fourth-order valence-corrected chi connectivity index (χ4v) is 2.25. The number of nitrogens with zero attached hydrogens (tertiary/aromatic N) is 2. The van der Waals surface area contributed by atoms with Crippen LogP contribution in [0.5, 0.6) is 0 Å². The molecule has 0 radical (unpaired) electrons. The smallest absolute Gasteiger partial charge is 0.186 e. The molecular formula is C13H12Cl2N2O. The van der Waals surface area contributed by atoms with Crippen molar-refractivity contribution in [3.8, 4) is 0 Å². The number of hydrogen-bond donors (Lipinski definition) is 0. The van der Waals surface area contributed by atoms with E-state index in [4.69, 9.17) is 23.2 Å². The van der Waals surface area contributed by atoms with E-state index in [0.717, 1.165) is 5.56 Å². The van der Waals surface area contributed by atoms with Gasteiger partial charge in [0, 0.05) is 18.0 Å². The van der Waals surface area contributed by atoms with E-state index in [1.807, 2.05) is 19.1 Å². The Bertz CT molecular complexity index is 578. The van der Waals surface area contributed by atoms with E-state index < -0.39 is 0 Å². The fourth-order valence-electron chi connectivity index (χ4n) is 1.80. The summed E-state index contributed by atoms with van der Waals surface area (Å²) in [6.07, 6.45) is 1.77. The Balaban J connectivity index is 2.24. The summed E-state index contributed by atoms with van der Waals surface area (Å²) in [7, 11) is 0. The molecule has 0 aliphatic carbocycles. The van der Waals surface area contributed by atoms with E-state index in [2.05, 4.69) is 5.10 Å². The maximum Gasteiger partial charge on any atom is 0.186 e. The minimum atomic E-state index is -0.0541. The van der Waals surface area contributed by atoms with Crippen molar-refractivity contribution in [2.75, 3.05) is 0 Å². The van der Waals surface area contributed by atoms with Crippen molar-refractivity contribution in [1.82, 2.24) is 9.78 Å². The molecule has 18 heavy (non-hydrogen) atoms. The third-order valence-electron chi connectivity index (χ3n) is 2.61. The first kappa shape index (κ1) is 13.1. The van der Waals surface area contributed by atoms with Gasteiger partial charge in [0.25, 0.3) is 0 Å². The van der Waals surface area contributed by atoms with Gasteiger partial charge in [0.05, 0.1) is 11.2 Å². The van der Waals surface area contributed by atoms with Crippen molar-refractivity contribution in [1.29, 1.82) is 0 Å². The summed E-state index contributed by atoms with van der Waals surface area (Å²) < 4.78 is 1.61. The molecule has 0 atom stereocenters. The summed E-state index contributed by atoms with van der Waals surface area (Å²) in [5.74, 6) is -0.0541. The lowest BCUT2D eigenvalue weighted by Crippen LogP contribution is -2.12. The van der Waals surface area contributed by atoms with Crippen LogP contribution in [0.25, 0.3) is 0 Å². The molecule has 0 saturated heterocycles. The van der Waals surface area contributed by atoms with Gasteiger partial charge in [0.1, 0.15) is 5.69 Å². The van der Waals surface area contributed by atoms with E-state index in [1.165, 1.54) is 6.20 Å². The van der Waals surface area contributed by atoms with Crippen LogP contribution in [-0.2, 0) is 13.0 Å². The molecule has 1 aromatic carbocycles. The lowest BCUT2D eigenvalue weighted by atomic mass is 10.1. The van der Waals surface area contributed by atoms with E-state index in [0.29, 0.717) is 22.3 Å². The molecule has 3 nitrogen and oxygen atoms in total. The molecule has 5 heteroatoms. The second-order valence-electron chi connectivity index (χ2n) is 3.89. The van der Waals surface area contributed by atoms with Gasteiger partial charge < -0.3 is 0 Å². The van der Waals surface area contributed by atoms with Gasteiger partial charge in [-0.25, -0.2) is 0 Å². The van der Waals surface area contributed by atoms with Crippen LogP contribution in [0, 0.1) is 0 Å². The number of rotatable bonds is 4. The van der Waals surface area contributed by atoms with Crippen LogP contribution < -0.4 is 0 Å². The van der Waals surface area contributed by atoms with Crippen LogP contribution in [0.15, 0.2) is 30.5 Å². The van der Waals surface area contributed by atoms with Crippen LogP contribution in [-0.4, -0.2) is 15.6 Å². The average Bonchev–Trinajstić information content (AvgIpc) is 2.70. The molecular weight excluding hydrogens is 271 g/mol. The first-order chi connectivity index (χ1) is 8.61. The van der Waals surface area contributed by atoms with Gasteiger partial charge in [0.2, 0.25) is 0 Å². The topological polar surface area (TPSA) is 34.9 Å². The van der Waals surface area contributed by atoms with Crippen LogP contribution in [0.3, 0.4) is 0 Å². The van der Waals surface area contributed by atoms with Crippen molar-refractivity contribution in [2.45, 2.75) is 19.9 Å². The molecule has 0 unspecified atom stereocenters. The van der Waals surface area contributed by atoms with E-state index in [9.17, 15) is 4.79 Å². The highest BCUT2D eigenvalue weighted by atomic mass is 35.5. The third-order valence-corrected chi connectivity index (χ3v) is 3.12. The van der Waals surface area contributed by atoms with Crippen LogP contribution in [0.1, 0.15) is 23.0 Å². The number of aromatic nitrogens is 2. The number of halogens is 2. The molecule has 94 valence electrons. The number of ketones is 1. The van der Waals surface area contributed by atoms with Gasteiger partial charge in [-0.05, 0) is 24.6 Å². The summed E-state index contributed by atoms with van der Waals surface area (Å²) in [4.78, 5) is 12.2. The number of carbonyl (C=O) groups excluding carboxylic acids is 1. The Hall–Kier alpha value is -1.32. The minimum Gasteiger partial charge on any atom is -0.292 e. The Morgan fingerprint density at radius 3 is 2.83 bits per heavy atom. The zero-order valence-electron chi connectivity index (χ0n) is 9.86. The summed E-state index contributed by atoms with van der Waals surface area (Å²) in [6.45, 7) is 2.53. The molecule has 1 aromatic heterocycles. The van der Waals surface area contributed by atoms with Gasteiger partial charge in [-0.15, -0.1) is 0 Å². The Labute approximate surface area is 115 Å². The molecule has 0 saturated carbocycles. The lowest BCUT2D eigenvalue weighted by molar-refractivity contribution is 0.0983. The maximum atomic E-state index is 12.2. The molecule has 2 aromatic rings. The predicted octanol–water partition coefficient (Wildman–Crippen LogP) is 3.64. The summed E-state index contributed by atoms with van der Waals surface area (Å²) in [5.41, 5.74) is 1.33. The quantitative estimate of drug-likeness (QED) is 0.803. The highest BCUT2D eigenvalue weighted by Crippen LogP contribution is 2.19. The zero-order chi connectivity index (χ0) is 13.1. The molecule has 0 spiro atoms. The van der Waals surface area contributed by atoms with Gasteiger partial charge >= 0.3 is 0 Å². The largest absolute Gasteiger partial charge is 0.292 e. The number of hydrogen-bond acceptors (Lipinski definition) is 2. The first-order valence-corrected chi connectivity index (χ1v) is 6.36. The van der Waals surface area contributed by atoms with E-state index in [-0.39, 0.29) is 12.2 Å². The number of Topliss-reactive ketones (excluding diaryl/α,β-unsaturated/α-hetero) is 1. The standard InChI is InChI=1S/C13H12Cl2N2O/c1-2-17-13(11(15)8-16-17)12(18)7-9-4-3-5-10(14)6-9/h3-6,8H,2,7H2,1H3. The molecule has 2 rings (SSSR count). The molecule has 1 heterocycles. The van der Waals surface area contributed by atoms with Crippen LogP contribution >= 0.6 is 23.2 Å². The zero-order valence-corrected chi connectivity index (χ0v) is 11.4. The number of carbonyl (C=O) groups is 1. The third kappa shape index (κ3) is 2.74. The Morgan fingerprint density at radius 1 is 1.39 bits per heavy atom. The van der Waals surface area contributed by atoms with Gasteiger partial charge in [-0.3, -0.25) is 9.48 Å². The van der Waals surface area contributed by atoms with Crippen molar-refractivity contribution in [2.24, 2.45) is 0 Å². The summed E-state index contributed by atoms with van der Waals surface area (Å²) in [6, 6.07) is 7.24. The van der Waals surface area contributed by atoms with Crippen molar-refractivity contribution < 1.29 is 4.79 Å². The normalized spacial score (nSPS) is 10.6. The monoisotopic (exact) mass is 282 g/mol. The Morgan fingerprint density at radius 2 is 2.17 bits per heavy atom.